The first-order chi connectivity index (χ1) is 13.6. The summed E-state index contributed by atoms with van der Waals surface area (Å²) in [7, 11) is 1.58. The van der Waals surface area contributed by atoms with Crippen molar-refractivity contribution in [3.05, 3.63) is 82.6 Å². The first kappa shape index (κ1) is 18.1. The smallest absolute Gasteiger partial charge is 0.354 e. The molecule has 4 aromatic rings. The molecule has 0 saturated carbocycles. The Morgan fingerprint density at radius 2 is 1.93 bits per heavy atom. The number of benzene rings is 2. The summed E-state index contributed by atoms with van der Waals surface area (Å²) in [6.07, 6.45) is 0.466. The Labute approximate surface area is 166 Å². The van der Waals surface area contributed by atoms with Gasteiger partial charge in [0.25, 0.3) is 0 Å². The highest BCUT2D eigenvalue weighted by molar-refractivity contribution is 6.33. The van der Waals surface area contributed by atoms with Crippen molar-refractivity contribution in [3.63, 3.8) is 0 Å². The Bertz CT molecular complexity index is 1170. The minimum Gasteiger partial charge on any atom is -0.495 e. The summed E-state index contributed by atoms with van der Waals surface area (Å²) in [5, 5.41) is 10.7. The molecule has 140 valence electrons. The van der Waals surface area contributed by atoms with E-state index in [1.165, 1.54) is 6.07 Å². The molecule has 2 aromatic heterocycles. The summed E-state index contributed by atoms with van der Waals surface area (Å²) in [5.74, 6) is -0.454. The summed E-state index contributed by atoms with van der Waals surface area (Å²) in [6.45, 7) is 0. The van der Waals surface area contributed by atoms with Gasteiger partial charge >= 0.3 is 5.97 Å². The number of fused-ring (bicyclic) bond motifs is 1. The lowest BCUT2D eigenvalue weighted by Gasteiger charge is -2.07. The van der Waals surface area contributed by atoms with Crippen molar-refractivity contribution < 1.29 is 14.6 Å². The SMILES string of the molecule is COc1cc2[nH]c(-c3ccccc3)c(Cc3cccc(C(=O)O)n3)c2cc1Cl. The van der Waals surface area contributed by atoms with Gasteiger partial charge in [0.2, 0.25) is 0 Å². The maximum absolute atomic E-state index is 11.3. The van der Waals surface area contributed by atoms with E-state index in [0.29, 0.717) is 22.9 Å². The third-order valence-electron chi connectivity index (χ3n) is 4.62. The molecule has 2 heterocycles. The fraction of sp³-hybridized carbons (Fsp3) is 0.0909. The fourth-order valence-corrected chi connectivity index (χ4v) is 3.56. The molecule has 0 aliphatic carbocycles. The maximum atomic E-state index is 11.3. The predicted octanol–water partition coefficient (Wildman–Crippen LogP) is 5.18. The van der Waals surface area contributed by atoms with E-state index in [1.54, 1.807) is 13.2 Å². The van der Waals surface area contributed by atoms with Gasteiger partial charge < -0.3 is 14.8 Å². The molecule has 0 atom stereocenters. The number of aromatic amines is 1. The van der Waals surface area contributed by atoms with E-state index >= 15 is 0 Å². The molecule has 2 aromatic carbocycles. The number of carboxylic acid groups (broad SMARTS) is 1. The highest BCUT2D eigenvalue weighted by atomic mass is 35.5. The van der Waals surface area contributed by atoms with Gasteiger partial charge in [-0.05, 0) is 29.3 Å². The summed E-state index contributed by atoms with van der Waals surface area (Å²) in [4.78, 5) is 19.0. The number of carboxylic acids is 1. The number of pyridine rings is 1. The predicted molar refractivity (Wildman–Crippen MR) is 109 cm³/mol. The molecule has 0 radical (unpaired) electrons. The number of nitrogens with one attached hydrogen (secondary N) is 1. The second-order valence-electron chi connectivity index (χ2n) is 6.37. The van der Waals surface area contributed by atoms with Crippen LogP contribution >= 0.6 is 11.6 Å². The fourth-order valence-electron chi connectivity index (χ4n) is 3.32. The summed E-state index contributed by atoms with van der Waals surface area (Å²) >= 11 is 6.37. The number of rotatable bonds is 5. The topological polar surface area (TPSA) is 75.2 Å². The van der Waals surface area contributed by atoms with Crippen LogP contribution in [-0.4, -0.2) is 28.2 Å². The van der Waals surface area contributed by atoms with Gasteiger partial charge in [0.1, 0.15) is 11.4 Å². The number of carbonyl (C=O) groups is 1. The Balaban J connectivity index is 1.90. The van der Waals surface area contributed by atoms with E-state index in [4.69, 9.17) is 16.3 Å². The number of aromatic carboxylic acids is 1. The molecule has 4 rings (SSSR count). The summed E-state index contributed by atoms with van der Waals surface area (Å²) in [6, 6.07) is 18.7. The highest BCUT2D eigenvalue weighted by Crippen LogP contribution is 2.37. The zero-order chi connectivity index (χ0) is 19.7. The number of halogens is 1. The molecule has 0 spiro atoms. The zero-order valence-corrected chi connectivity index (χ0v) is 15.8. The minimum absolute atomic E-state index is 0.0262. The lowest BCUT2D eigenvalue weighted by atomic mass is 10.0. The average molecular weight is 393 g/mol. The van der Waals surface area contributed by atoms with Crippen LogP contribution in [0.15, 0.2) is 60.7 Å². The van der Waals surface area contributed by atoms with E-state index in [2.05, 4.69) is 9.97 Å². The van der Waals surface area contributed by atoms with Gasteiger partial charge in [0.05, 0.1) is 17.8 Å². The molecule has 0 unspecified atom stereocenters. The Morgan fingerprint density at radius 1 is 1.14 bits per heavy atom. The van der Waals surface area contributed by atoms with Crippen LogP contribution < -0.4 is 4.74 Å². The zero-order valence-electron chi connectivity index (χ0n) is 15.1. The van der Waals surface area contributed by atoms with E-state index in [0.717, 1.165) is 27.7 Å². The number of aromatic nitrogens is 2. The first-order valence-corrected chi connectivity index (χ1v) is 9.07. The standard InChI is InChI=1S/C22H17ClN2O3/c1-28-20-12-19-15(11-17(20)23)16(21(25-19)13-6-3-2-4-7-13)10-14-8-5-9-18(24-14)22(26)27/h2-9,11-12,25H,10H2,1H3,(H,26,27). The maximum Gasteiger partial charge on any atom is 0.354 e. The molecule has 28 heavy (non-hydrogen) atoms. The van der Waals surface area contributed by atoms with Crippen molar-refractivity contribution in [2.24, 2.45) is 0 Å². The Hall–Kier alpha value is -3.31. The molecule has 0 aliphatic rings. The second-order valence-corrected chi connectivity index (χ2v) is 6.78. The molecule has 0 fully saturated rings. The van der Waals surface area contributed by atoms with Crippen molar-refractivity contribution in [1.29, 1.82) is 0 Å². The molecular formula is C22H17ClN2O3. The van der Waals surface area contributed by atoms with Crippen molar-refractivity contribution in [2.45, 2.75) is 6.42 Å². The number of nitrogens with zero attached hydrogens (tertiary/aromatic N) is 1. The van der Waals surface area contributed by atoms with Crippen LogP contribution in [0.1, 0.15) is 21.7 Å². The van der Waals surface area contributed by atoms with Gasteiger partial charge in [-0.25, -0.2) is 9.78 Å². The van der Waals surface area contributed by atoms with Crippen LogP contribution in [0.3, 0.4) is 0 Å². The largest absolute Gasteiger partial charge is 0.495 e. The monoisotopic (exact) mass is 392 g/mol. The van der Waals surface area contributed by atoms with E-state index in [1.807, 2.05) is 48.5 Å². The number of methoxy groups -OCH3 is 1. The number of H-pyrrole nitrogens is 1. The van der Waals surface area contributed by atoms with E-state index in [9.17, 15) is 9.90 Å². The lowest BCUT2D eigenvalue weighted by molar-refractivity contribution is 0.0690. The van der Waals surface area contributed by atoms with Crippen molar-refractivity contribution >= 4 is 28.5 Å². The van der Waals surface area contributed by atoms with Crippen LogP contribution in [0.25, 0.3) is 22.2 Å². The van der Waals surface area contributed by atoms with Gasteiger partial charge in [-0.1, -0.05) is 48.0 Å². The van der Waals surface area contributed by atoms with Gasteiger partial charge in [-0.3, -0.25) is 0 Å². The summed E-state index contributed by atoms with van der Waals surface area (Å²) in [5.41, 5.74) is 4.56. The number of hydrogen-bond donors (Lipinski definition) is 2. The quantitative estimate of drug-likeness (QED) is 0.490. The molecule has 6 heteroatoms. The van der Waals surface area contributed by atoms with Crippen LogP contribution in [0, 0.1) is 0 Å². The lowest BCUT2D eigenvalue weighted by Crippen LogP contribution is -2.03. The minimum atomic E-state index is -1.04. The molecule has 0 aliphatic heterocycles. The summed E-state index contributed by atoms with van der Waals surface area (Å²) < 4.78 is 5.34. The van der Waals surface area contributed by atoms with Crippen LogP contribution in [0.5, 0.6) is 5.75 Å². The first-order valence-electron chi connectivity index (χ1n) is 8.69. The molecule has 5 nitrogen and oxygen atoms in total. The second kappa shape index (κ2) is 7.37. The van der Waals surface area contributed by atoms with Gasteiger partial charge in [-0.15, -0.1) is 0 Å². The third kappa shape index (κ3) is 3.32. The Kier molecular flexibility index (Phi) is 4.75. The van der Waals surface area contributed by atoms with Gasteiger partial charge in [0, 0.05) is 29.1 Å². The van der Waals surface area contributed by atoms with Gasteiger partial charge in [-0.2, -0.15) is 0 Å². The van der Waals surface area contributed by atoms with Crippen LogP contribution in [0.2, 0.25) is 5.02 Å². The molecule has 0 bridgehead atoms. The van der Waals surface area contributed by atoms with Crippen molar-refractivity contribution in [1.82, 2.24) is 9.97 Å². The van der Waals surface area contributed by atoms with Gasteiger partial charge in [0.15, 0.2) is 0 Å². The van der Waals surface area contributed by atoms with Crippen LogP contribution in [-0.2, 0) is 6.42 Å². The Morgan fingerprint density at radius 3 is 2.64 bits per heavy atom. The van der Waals surface area contributed by atoms with Crippen LogP contribution in [0.4, 0.5) is 0 Å². The van der Waals surface area contributed by atoms with Crippen molar-refractivity contribution in [2.75, 3.05) is 7.11 Å². The normalized spacial score (nSPS) is 10.9. The molecule has 0 amide bonds. The number of hydrogen-bond acceptors (Lipinski definition) is 3. The molecule has 2 N–H and O–H groups in total. The molecular weight excluding hydrogens is 376 g/mol. The number of ether oxygens (including phenoxy) is 1. The van der Waals surface area contributed by atoms with E-state index in [-0.39, 0.29) is 5.69 Å². The highest BCUT2D eigenvalue weighted by Gasteiger charge is 2.17. The molecule has 0 saturated heterocycles. The van der Waals surface area contributed by atoms with E-state index < -0.39 is 5.97 Å². The third-order valence-corrected chi connectivity index (χ3v) is 4.92. The van der Waals surface area contributed by atoms with Crippen molar-refractivity contribution in [3.8, 4) is 17.0 Å². The average Bonchev–Trinajstić information content (AvgIpc) is 3.05.